The van der Waals surface area contributed by atoms with Gasteiger partial charge in [-0.05, 0) is 52.7 Å². The number of fused-ring (bicyclic) bond motifs is 1. The Balaban J connectivity index is 1.52. The molecular weight excluding hydrogens is 316 g/mol. The number of para-hydroxylation sites is 1. The number of rotatable bonds is 3. The summed E-state index contributed by atoms with van der Waals surface area (Å²) >= 11 is 0. The lowest BCUT2D eigenvalue weighted by molar-refractivity contribution is 0.0195. The van der Waals surface area contributed by atoms with Crippen LogP contribution in [0.2, 0.25) is 0 Å². The summed E-state index contributed by atoms with van der Waals surface area (Å²) in [6, 6.07) is 10.7. The molecule has 0 saturated carbocycles. The van der Waals surface area contributed by atoms with Crippen molar-refractivity contribution in [3.05, 3.63) is 36.1 Å². The molecule has 1 saturated heterocycles. The Labute approximate surface area is 149 Å². The third-order valence-electron chi connectivity index (χ3n) is 4.50. The minimum atomic E-state index is -0.442. The molecule has 1 aliphatic rings. The zero-order valence-corrected chi connectivity index (χ0v) is 15.5. The fourth-order valence-corrected chi connectivity index (χ4v) is 3.21. The lowest BCUT2D eigenvalue weighted by atomic mass is 10.0. The fraction of sp³-hybridized carbons (Fsp3) is 0.550. The summed E-state index contributed by atoms with van der Waals surface area (Å²) in [7, 11) is 0. The third kappa shape index (κ3) is 4.54. The van der Waals surface area contributed by atoms with Crippen molar-refractivity contribution < 1.29 is 13.9 Å². The molecule has 1 aromatic heterocycles. The molecule has 1 aromatic carbocycles. The van der Waals surface area contributed by atoms with Gasteiger partial charge in [0.25, 0.3) is 0 Å². The van der Waals surface area contributed by atoms with Crippen LogP contribution in [0.1, 0.15) is 52.3 Å². The number of amides is 1. The van der Waals surface area contributed by atoms with Gasteiger partial charge >= 0.3 is 6.09 Å². The summed E-state index contributed by atoms with van der Waals surface area (Å²) in [6.07, 6.45) is 1.63. The van der Waals surface area contributed by atoms with E-state index in [0.717, 1.165) is 42.7 Å². The lowest BCUT2D eigenvalue weighted by Gasteiger charge is -2.34. The molecule has 3 rings (SSSR count). The van der Waals surface area contributed by atoms with Crippen molar-refractivity contribution in [1.29, 1.82) is 0 Å². The summed E-state index contributed by atoms with van der Waals surface area (Å²) in [5.74, 6) is 0.954. The van der Waals surface area contributed by atoms with Gasteiger partial charge in [-0.3, -0.25) is 0 Å². The van der Waals surface area contributed by atoms with Gasteiger partial charge in [0.2, 0.25) is 0 Å². The maximum Gasteiger partial charge on any atom is 0.410 e. The molecule has 0 aliphatic carbocycles. The number of hydrogen-bond acceptors (Lipinski definition) is 4. The van der Waals surface area contributed by atoms with Crippen LogP contribution in [0.25, 0.3) is 11.0 Å². The Morgan fingerprint density at radius 1 is 1.28 bits per heavy atom. The molecule has 136 valence electrons. The third-order valence-corrected chi connectivity index (χ3v) is 4.50. The normalized spacial score (nSPS) is 17.7. The first-order chi connectivity index (χ1) is 11.8. The van der Waals surface area contributed by atoms with E-state index >= 15 is 0 Å². The number of piperidine rings is 1. The van der Waals surface area contributed by atoms with Crippen molar-refractivity contribution in [2.75, 3.05) is 13.1 Å². The molecule has 1 N–H and O–H groups in total. The summed E-state index contributed by atoms with van der Waals surface area (Å²) in [5, 5.41) is 4.76. The number of ether oxygens (including phenoxy) is 1. The molecule has 0 spiro atoms. The lowest BCUT2D eigenvalue weighted by Crippen LogP contribution is -2.46. The molecule has 0 bridgehead atoms. The maximum absolute atomic E-state index is 12.1. The number of carbonyl (C=O) groups excluding carboxylic acids is 1. The highest BCUT2D eigenvalue weighted by Crippen LogP contribution is 2.25. The van der Waals surface area contributed by atoms with Crippen molar-refractivity contribution in [3.8, 4) is 0 Å². The van der Waals surface area contributed by atoms with E-state index in [1.54, 1.807) is 4.90 Å². The van der Waals surface area contributed by atoms with Crippen LogP contribution in [0, 0.1) is 0 Å². The van der Waals surface area contributed by atoms with E-state index in [4.69, 9.17) is 9.15 Å². The molecule has 2 heterocycles. The number of nitrogens with one attached hydrogen (secondary N) is 1. The monoisotopic (exact) mass is 344 g/mol. The number of hydrogen-bond donors (Lipinski definition) is 1. The van der Waals surface area contributed by atoms with Crippen LogP contribution < -0.4 is 5.32 Å². The second kappa shape index (κ2) is 7.08. The van der Waals surface area contributed by atoms with E-state index in [9.17, 15) is 4.79 Å². The molecular formula is C20H28N2O3. The fourth-order valence-electron chi connectivity index (χ4n) is 3.21. The highest BCUT2D eigenvalue weighted by molar-refractivity contribution is 5.77. The first-order valence-corrected chi connectivity index (χ1v) is 9.04. The van der Waals surface area contributed by atoms with Crippen molar-refractivity contribution in [2.24, 2.45) is 0 Å². The van der Waals surface area contributed by atoms with Crippen LogP contribution in [0.5, 0.6) is 0 Å². The molecule has 5 nitrogen and oxygen atoms in total. The van der Waals surface area contributed by atoms with Crippen molar-refractivity contribution in [3.63, 3.8) is 0 Å². The van der Waals surface area contributed by atoms with E-state index in [2.05, 4.69) is 24.4 Å². The summed E-state index contributed by atoms with van der Waals surface area (Å²) in [6.45, 7) is 9.26. The Morgan fingerprint density at radius 2 is 1.96 bits per heavy atom. The number of furan rings is 1. The summed E-state index contributed by atoms with van der Waals surface area (Å²) < 4.78 is 11.4. The van der Waals surface area contributed by atoms with Gasteiger partial charge in [-0.25, -0.2) is 4.79 Å². The molecule has 1 aliphatic heterocycles. The molecule has 1 unspecified atom stereocenters. The Morgan fingerprint density at radius 3 is 2.60 bits per heavy atom. The quantitative estimate of drug-likeness (QED) is 0.892. The second-order valence-corrected chi connectivity index (χ2v) is 7.82. The van der Waals surface area contributed by atoms with Gasteiger partial charge in [0, 0.05) is 24.5 Å². The Bertz CT molecular complexity index is 691. The maximum atomic E-state index is 12.1. The zero-order chi connectivity index (χ0) is 18.0. The Hall–Kier alpha value is -2.01. The van der Waals surface area contributed by atoms with E-state index in [1.807, 2.05) is 39.0 Å². The second-order valence-electron chi connectivity index (χ2n) is 7.82. The standard InChI is InChI=1S/C20H28N2O3/c1-14(18-13-15-7-5-6-8-17(15)24-18)21-16-9-11-22(12-10-16)19(23)25-20(2,3)4/h5-8,13-14,16,21H,9-12H2,1-4H3. The van der Waals surface area contributed by atoms with E-state index in [-0.39, 0.29) is 12.1 Å². The van der Waals surface area contributed by atoms with Crippen LogP contribution in [-0.4, -0.2) is 35.7 Å². The summed E-state index contributed by atoms with van der Waals surface area (Å²) in [5.41, 5.74) is 0.480. The van der Waals surface area contributed by atoms with Crippen LogP contribution in [0.4, 0.5) is 4.79 Å². The predicted octanol–water partition coefficient (Wildman–Crippen LogP) is 4.48. The van der Waals surface area contributed by atoms with Gasteiger partial charge in [0.1, 0.15) is 16.9 Å². The van der Waals surface area contributed by atoms with Crippen molar-refractivity contribution >= 4 is 17.1 Å². The van der Waals surface area contributed by atoms with Crippen LogP contribution in [-0.2, 0) is 4.74 Å². The highest BCUT2D eigenvalue weighted by atomic mass is 16.6. The first-order valence-electron chi connectivity index (χ1n) is 9.04. The van der Waals surface area contributed by atoms with E-state index < -0.39 is 5.60 Å². The highest BCUT2D eigenvalue weighted by Gasteiger charge is 2.27. The van der Waals surface area contributed by atoms with Crippen molar-refractivity contribution in [2.45, 2.75) is 58.2 Å². The van der Waals surface area contributed by atoms with Crippen LogP contribution in [0.15, 0.2) is 34.7 Å². The van der Waals surface area contributed by atoms with Gasteiger partial charge in [-0.2, -0.15) is 0 Å². The van der Waals surface area contributed by atoms with Crippen LogP contribution >= 0.6 is 0 Å². The van der Waals surface area contributed by atoms with Gasteiger partial charge in [-0.15, -0.1) is 0 Å². The molecule has 0 radical (unpaired) electrons. The molecule has 1 fully saturated rings. The number of carbonyl (C=O) groups is 1. The van der Waals surface area contributed by atoms with Gasteiger partial charge in [-0.1, -0.05) is 18.2 Å². The Kier molecular flexibility index (Phi) is 5.04. The first kappa shape index (κ1) is 17.8. The molecule has 1 atom stereocenters. The number of benzene rings is 1. The molecule has 1 amide bonds. The topological polar surface area (TPSA) is 54.7 Å². The number of likely N-dealkylation sites (tertiary alicyclic amines) is 1. The largest absolute Gasteiger partial charge is 0.459 e. The molecule has 5 heteroatoms. The van der Waals surface area contributed by atoms with Gasteiger partial charge in [0.05, 0.1) is 6.04 Å². The minimum Gasteiger partial charge on any atom is -0.459 e. The summed E-state index contributed by atoms with van der Waals surface area (Å²) in [4.78, 5) is 13.9. The van der Waals surface area contributed by atoms with Gasteiger partial charge in [0.15, 0.2) is 0 Å². The predicted molar refractivity (Wildman–Crippen MR) is 98.6 cm³/mol. The van der Waals surface area contributed by atoms with E-state index in [0.29, 0.717) is 6.04 Å². The minimum absolute atomic E-state index is 0.144. The molecule has 2 aromatic rings. The van der Waals surface area contributed by atoms with E-state index in [1.165, 1.54) is 0 Å². The zero-order valence-electron chi connectivity index (χ0n) is 15.5. The van der Waals surface area contributed by atoms with Crippen molar-refractivity contribution in [1.82, 2.24) is 10.2 Å². The smallest absolute Gasteiger partial charge is 0.410 e. The SMILES string of the molecule is CC(NC1CCN(C(=O)OC(C)(C)C)CC1)c1cc2ccccc2o1. The average Bonchev–Trinajstić information content (AvgIpc) is 2.98. The average molecular weight is 344 g/mol. The number of nitrogens with zero attached hydrogens (tertiary/aromatic N) is 1. The van der Waals surface area contributed by atoms with Crippen LogP contribution in [0.3, 0.4) is 0 Å². The molecule has 25 heavy (non-hydrogen) atoms. The van der Waals surface area contributed by atoms with Gasteiger partial charge < -0.3 is 19.4 Å².